The lowest BCUT2D eigenvalue weighted by atomic mass is 9.80. The normalized spacial score (nSPS) is 14.3. The molecular formula is C34H26. The Morgan fingerprint density at radius 3 is 1.68 bits per heavy atom. The first-order valence-corrected chi connectivity index (χ1v) is 12.2. The zero-order valence-electron chi connectivity index (χ0n) is 19.6. The molecule has 0 unspecified atom stereocenters. The average Bonchev–Trinajstić information content (AvgIpc) is 3.36. The van der Waals surface area contributed by atoms with Gasteiger partial charge in [0.2, 0.25) is 0 Å². The maximum atomic E-state index is 2.43. The van der Waals surface area contributed by atoms with Gasteiger partial charge in [0.25, 0.3) is 0 Å². The van der Waals surface area contributed by atoms with Crippen LogP contribution in [0.25, 0.3) is 44.5 Å². The Morgan fingerprint density at radius 2 is 0.971 bits per heavy atom. The van der Waals surface area contributed by atoms with Gasteiger partial charge in [-0.1, -0.05) is 111 Å². The number of hydrogen-bond donors (Lipinski definition) is 0. The third-order valence-electron chi connectivity index (χ3n) is 7.91. The molecule has 0 N–H and O–H groups in total. The van der Waals surface area contributed by atoms with Crippen molar-refractivity contribution in [3.8, 4) is 44.5 Å². The first kappa shape index (κ1) is 19.6. The third kappa shape index (κ3) is 2.78. The van der Waals surface area contributed by atoms with Crippen molar-refractivity contribution >= 4 is 0 Å². The Morgan fingerprint density at radius 1 is 0.441 bits per heavy atom. The van der Waals surface area contributed by atoms with Crippen molar-refractivity contribution < 1.29 is 0 Å². The second-order valence-corrected chi connectivity index (χ2v) is 10.2. The fraction of sp³-hybridized carbons (Fsp3) is 0.118. The lowest BCUT2D eigenvalue weighted by Crippen LogP contribution is -2.15. The van der Waals surface area contributed by atoms with E-state index >= 15 is 0 Å². The molecule has 0 saturated heterocycles. The van der Waals surface area contributed by atoms with Crippen LogP contribution in [0.2, 0.25) is 0 Å². The molecule has 0 heteroatoms. The molecule has 0 atom stereocenters. The van der Waals surface area contributed by atoms with Crippen molar-refractivity contribution in [1.82, 2.24) is 0 Å². The van der Waals surface area contributed by atoms with Gasteiger partial charge in [-0.2, -0.15) is 0 Å². The van der Waals surface area contributed by atoms with Gasteiger partial charge in [-0.25, -0.2) is 0 Å². The van der Waals surface area contributed by atoms with E-state index in [2.05, 4.69) is 123 Å². The zero-order valence-corrected chi connectivity index (χ0v) is 19.6. The standard InChI is InChI=1S/C34H26/c1-34(2)32-20-24(22-8-4-3-5-9-22)13-16-30(32)31-17-14-25(21-33(31)34)23-12-15-29-27(18-23)19-26-10-6-7-11-28(26)29/h3-18,20-21H,19H2,1-2H3. The van der Waals surface area contributed by atoms with E-state index in [9.17, 15) is 0 Å². The predicted molar refractivity (Wildman–Crippen MR) is 143 cm³/mol. The molecule has 0 aromatic heterocycles. The lowest BCUT2D eigenvalue weighted by Gasteiger charge is -2.22. The van der Waals surface area contributed by atoms with Gasteiger partial charge in [-0.05, 0) is 85.3 Å². The average molecular weight is 435 g/mol. The van der Waals surface area contributed by atoms with Crippen LogP contribution in [0.5, 0.6) is 0 Å². The Labute approximate surface area is 201 Å². The van der Waals surface area contributed by atoms with Crippen LogP contribution in [0, 0.1) is 0 Å². The molecule has 34 heavy (non-hydrogen) atoms. The van der Waals surface area contributed by atoms with Crippen molar-refractivity contribution in [2.45, 2.75) is 25.7 Å². The summed E-state index contributed by atoms with van der Waals surface area (Å²) in [6, 6.07) is 40.6. The first-order valence-electron chi connectivity index (χ1n) is 12.2. The molecule has 0 radical (unpaired) electrons. The van der Waals surface area contributed by atoms with E-state index in [0.717, 1.165) is 6.42 Å². The molecule has 2 aliphatic carbocycles. The molecule has 0 nitrogen and oxygen atoms in total. The summed E-state index contributed by atoms with van der Waals surface area (Å²) in [7, 11) is 0. The van der Waals surface area contributed by atoms with Crippen LogP contribution in [-0.2, 0) is 11.8 Å². The maximum absolute atomic E-state index is 2.43. The molecule has 5 aromatic carbocycles. The van der Waals surface area contributed by atoms with E-state index in [-0.39, 0.29) is 5.41 Å². The second kappa shape index (κ2) is 7.05. The van der Waals surface area contributed by atoms with Crippen LogP contribution in [0.1, 0.15) is 36.1 Å². The fourth-order valence-electron chi connectivity index (χ4n) is 6.05. The molecule has 0 bridgehead atoms. The molecule has 7 rings (SSSR count). The number of fused-ring (bicyclic) bond motifs is 6. The quantitative estimate of drug-likeness (QED) is 0.255. The van der Waals surface area contributed by atoms with E-state index in [1.165, 1.54) is 66.8 Å². The van der Waals surface area contributed by atoms with Crippen molar-refractivity contribution in [2.75, 3.05) is 0 Å². The van der Waals surface area contributed by atoms with Gasteiger partial charge < -0.3 is 0 Å². The summed E-state index contributed by atoms with van der Waals surface area (Å²) >= 11 is 0. The number of hydrogen-bond acceptors (Lipinski definition) is 0. The van der Waals surface area contributed by atoms with E-state index in [1.54, 1.807) is 0 Å². The Hall–Kier alpha value is -3.90. The van der Waals surface area contributed by atoms with Crippen LogP contribution in [0.15, 0.2) is 109 Å². The van der Waals surface area contributed by atoms with Crippen LogP contribution in [0.3, 0.4) is 0 Å². The monoisotopic (exact) mass is 434 g/mol. The highest BCUT2D eigenvalue weighted by atomic mass is 14.4. The van der Waals surface area contributed by atoms with Crippen molar-refractivity contribution in [3.05, 3.63) is 131 Å². The van der Waals surface area contributed by atoms with Gasteiger partial charge in [0, 0.05) is 5.41 Å². The van der Waals surface area contributed by atoms with Gasteiger partial charge in [-0.3, -0.25) is 0 Å². The maximum Gasteiger partial charge on any atom is 0.0159 e. The topological polar surface area (TPSA) is 0 Å². The Balaban J connectivity index is 1.30. The molecule has 162 valence electrons. The summed E-state index contributed by atoms with van der Waals surface area (Å²) in [5.41, 5.74) is 16.4. The van der Waals surface area contributed by atoms with E-state index in [0.29, 0.717) is 0 Å². The highest BCUT2D eigenvalue weighted by molar-refractivity contribution is 5.86. The highest BCUT2D eigenvalue weighted by Gasteiger charge is 2.35. The summed E-state index contributed by atoms with van der Waals surface area (Å²) < 4.78 is 0. The zero-order chi connectivity index (χ0) is 22.9. The van der Waals surface area contributed by atoms with E-state index in [1.807, 2.05) is 0 Å². The summed E-state index contributed by atoms with van der Waals surface area (Å²) in [6.45, 7) is 4.74. The van der Waals surface area contributed by atoms with Crippen molar-refractivity contribution in [2.24, 2.45) is 0 Å². The smallest absolute Gasteiger partial charge is 0.0159 e. The van der Waals surface area contributed by atoms with Crippen LogP contribution in [-0.4, -0.2) is 0 Å². The highest BCUT2D eigenvalue weighted by Crippen LogP contribution is 2.51. The van der Waals surface area contributed by atoms with Gasteiger partial charge >= 0.3 is 0 Å². The van der Waals surface area contributed by atoms with Gasteiger partial charge in [0.05, 0.1) is 0 Å². The molecule has 0 amide bonds. The molecule has 2 aliphatic rings. The Bertz CT molecular complexity index is 1580. The van der Waals surface area contributed by atoms with Crippen molar-refractivity contribution in [3.63, 3.8) is 0 Å². The first-order chi connectivity index (χ1) is 16.6. The lowest BCUT2D eigenvalue weighted by molar-refractivity contribution is 0.661. The van der Waals surface area contributed by atoms with Crippen molar-refractivity contribution in [1.29, 1.82) is 0 Å². The molecule has 0 spiro atoms. The summed E-state index contributed by atoms with van der Waals surface area (Å²) in [4.78, 5) is 0. The molecule has 0 fully saturated rings. The molecule has 0 aliphatic heterocycles. The number of rotatable bonds is 2. The van der Waals surface area contributed by atoms with Crippen LogP contribution < -0.4 is 0 Å². The van der Waals surface area contributed by atoms with E-state index < -0.39 is 0 Å². The SMILES string of the molecule is CC1(C)c2cc(-c3ccccc3)ccc2-c2ccc(-c3ccc4c(c3)Cc3ccccc3-4)cc21. The predicted octanol–water partition coefficient (Wildman–Crippen LogP) is 8.90. The number of benzene rings is 5. The minimum atomic E-state index is -0.0293. The van der Waals surface area contributed by atoms with Gasteiger partial charge in [0.1, 0.15) is 0 Å². The van der Waals surface area contributed by atoms with Gasteiger partial charge in [-0.15, -0.1) is 0 Å². The summed E-state index contributed by atoms with van der Waals surface area (Å²) in [6.07, 6.45) is 1.03. The molecule has 5 aromatic rings. The third-order valence-corrected chi connectivity index (χ3v) is 7.91. The minimum Gasteiger partial charge on any atom is -0.0622 e. The second-order valence-electron chi connectivity index (χ2n) is 10.2. The van der Waals surface area contributed by atoms with E-state index in [4.69, 9.17) is 0 Å². The Kier molecular flexibility index (Phi) is 4.05. The minimum absolute atomic E-state index is 0.0293. The van der Waals surface area contributed by atoms with Gasteiger partial charge in [0.15, 0.2) is 0 Å². The van der Waals surface area contributed by atoms with Crippen LogP contribution >= 0.6 is 0 Å². The van der Waals surface area contributed by atoms with Crippen LogP contribution in [0.4, 0.5) is 0 Å². The molecule has 0 heterocycles. The fourth-order valence-corrected chi connectivity index (χ4v) is 6.05. The largest absolute Gasteiger partial charge is 0.0622 e. The molecule has 0 saturated carbocycles. The molecular weight excluding hydrogens is 408 g/mol. The summed E-state index contributed by atoms with van der Waals surface area (Å²) in [5, 5.41) is 0. The summed E-state index contributed by atoms with van der Waals surface area (Å²) in [5.74, 6) is 0.